The Labute approximate surface area is 88.9 Å². The van der Waals surface area contributed by atoms with Gasteiger partial charge in [-0.3, -0.25) is 0 Å². The van der Waals surface area contributed by atoms with Crippen molar-refractivity contribution in [1.82, 2.24) is 0 Å². The number of nitrogens with two attached hydrogens (primary N) is 1. The van der Waals surface area contributed by atoms with Crippen LogP contribution in [-0.2, 0) is 0 Å². The van der Waals surface area contributed by atoms with Crippen molar-refractivity contribution in [3.8, 4) is 5.75 Å². The third-order valence-corrected chi connectivity index (χ3v) is 2.14. The molecule has 0 aliphatic heterocycles. The lowest BCUT2D eigenvalue weighted by atomic mass is 10.2. The van der Waals surface area contributed by atoms with Crippen LogP contribution in [0.5, 0.6) is 5.75 Å². The Morgan fingerprint density at radius 2 is 2.14 bits per heavy atom. The monoisotopic (exact) mass is 214 g/mol. The number of phenolic OH excluding ortho intramolecular Hbond substituents is 1. The van der Waals surface area contributed by atoms with Crippen LogP contribution in [0.3, 0.4) is 0 Å². The van der Waals surface area contributed by atoms with Crippen LogP contribution in [0.1, 0.15) is 12.8 Å². The Kier molecular flexibility index (Phi) is 4.56. The SMILES string of the molecule is NCCCCNc1cc(Cl)ccc1O. The van der Waals surface area contributed by atoms with E-state index in [1.165, 1.54) is 0 Å². The van der Waals surface area contributed by atoms with E-state index in [2.05, 4.69) is 5.32 Å². The maximum atomic E-state index is 9.45. The van der Waals surface area contributed by atoms with E-state index in [0.29, 0.717) is 17.3 Å². The lowest BCUT2D eigenvalue weighted by Gasteiger charge is -2.07. The smallest absolute Gasteiger partial charge is 0.138 e. The van der Waals surface area contributed by atoms with Gasteiger partial charge in [0, 0.05) is 11.6 Å². The minimum atomic E-state index is 0.224. The third kappa shape index (κ3) is 3.44. The van der Waals surface area contributed by atoms with Crippen LogP contribution in [0.2, 0.25) is 5.02 Å². The minimum Gasteiger partial charge on any atom is -0.506 e. The second-order valence-corrected chi connectivity index (χ2v) is 3.52. The number of phenols is 1. The van der Waals surface area contributed by atoms with Crippen LogP contribution in [0, 0.1) is 0 Å². The molecule has 4 N–H and O–H groups in total. The van der Waals surface area contributed by atoms with E-state index in [0.717, 1.165) is 19.4 Å². The van der Waals surface area contributed by atoms with E-state index >= 15 is 0 Å². The third-order valence-electron chi connectivity index (χ3n) is 1.90. The maximum Gasteiger partial charge on any atom is 0.138 e. The fourth-order valence-corrected chi connectivity index (χ4v) is 1.31. The van der Waals surface area contributed by atoms with Crippen molar-refractivity contribution >= 4 is 17.3 Å². The number of hydrogen-bond donors (Lipinski definition) is 3. The summed E-state index contributed by atoms with van der Waals surface area (Å²) in [6, 6.07) is 4.94. The number of anilines is 1. The lowest BCUT2D eigenvalue weighted by molar-refractivity contribution is 0.477. The van der Waals surface area contributed by atoms with Crippen molar-refractivity contribution in [3.05, 3.63) is 23.2 Å². The summed E-state index contributed by atoms with van der Waals surface area (Å²) in [6.07, 6.45) is 1.97. The van der Waals surface area contributed by atoms with Gasteiger partial charge in [0.25, 0.3) is 0 Å². The highest BCUT2D eigenvalue weighted by atomic mass is 35.5. The summed E-state index contributed by atoms with van der Waals surface area (Å²) < 4.78 is 0. The van der Waals surface area contributed by atoms with Crippen LogP contribution in [0.25, 0.3) is 0 Å². The number of nitrogens with one attached hydrogen (secondary N) is 1. The molecule has 3 nitrogen and oxygen atoms in total. The van der Waals surface area contributed by atoms with E-state index in [1.807, 2.05) is 0 Å². The first-order valence-corrected chi connectivity index (χ1v) is 5.04. The molecule has 0 heterocycles. The minimum absolute atomic E-state index is 0.224. The summed E-state index contributed by atoms with van der Waals surface area (Å²) in [7, 11) is 0. The molecular weight excluding hydrogens is 200 g/mol. The molecule has 0 fully saturated rings. The molecular formula is C10H15ClN2O. The van der Waals surface area contributed by atoms with Gasteiger partial charge in [-0.1, -0.05) is 11.6 Å². The van der Waals surface area contributed by atoms with Crippen LogP contribution in [0.4, 0.5) is 5.69 Å². The Bertz CT molecular complexity index is 291. The molecule has 0 saturated heterocycles. The van der Waals surface area contributed by atoms with Crippen LogP contribution < -0.4 is 11.1 Å². The largest absolute Gasteiger partial charge is 0.506 e. The molecule has 0 aromatic heterocycles. The predicted molar refractivity (Wildman–Crippen MR) is 59.9 cm³/mol. The molecule has 0 bridgehead atoms. The Morgan fingerprint density at radius 1 is 1.36 bits per heavy atom. The molecule has 0 spiro atoms. The summed E-state index contributed by atoms with van der Waals surface area (Å²) >= 11 is 5.79. The molecule has 0 aliphatic carbocycles. The second kappa shape index (κ2) is 5.73. The van der Waals surface area contributed by atoms with E-state index in [4.69, 9.17) is 17.3 Å². The molecule has 1 aromatic carbocycles. The standard InChI is InChI=1S/C10H15ClN2O/c11-8-3-4-10(14)9(7-8)13-6-2-1-5-12/h3-4,7,13-14H,1-2,5-6,12H2. The van der Waals surface area contributed by atoms with Crippen molar-refractivity contribution in [2.24, 2.45) is 5.73 Å². The molecule has 14 heavy (non-hydrogen) atoms. The highest BCUT2D eigenvalue weighted by molar-refractivity contribution is 6.30. The van der Waals surface area contributed by atoms with Gasteiger partial charge < -0.3 is 16.2 Å². The molecule has 4 heteroatoms. The summed E-state index contributed by atoms with van der Waals surface area (Å²) in [5, 5.41) is 13.2. The van der Waals surface area contributed by atoms with Gasteiger partial charge in [-0.2, -0.15) is 0 Å². The number of benzene rings is 1. The number of halogens is 1. The van der Waals surface area contributed by atoms with Crippen molar-refractivity contribution in [3.63, 3.8) is 0 Å². The first-order valence-electron chi connectivity index (χ1n) is 4.66. The highest BCUT2D eigenvalue weighted by Crippen LogP contribution is 2.26. The van der Waals surface area contributed by atoms with Gasteiger partial charge >= 0.3 is 0 Å². The van der Waals surface area contributed by atoms with Gasteiger partial charge in [-0.05, 0) is 37.6 Å². The number of aromatic hydroxyl groups is 1. The summed E-state index contributed by atoms with van der Waals surface area (Å²) in [5.74, 6) is 0.224. The number of rotatable bonds is 5. The van der Waals surface area contributed by atoms with Gasteiger partial charge in [0.2, 0.25) is 0 Å². The van der Waals surface area contributed by atoms with E-state index in [9.17, 15) is 5.11 Å². The fraction of sp³-hybridized carbons (Fsp3) is 0.400. The molecule has 0 atom stereocenters. The average molecular weight is 215 g/mol. The van der Waals surface area contributed by atoms with Gasteiger partial charge in [0.1, 0.15) is 5.75 Å². The molecule has 0 unspecified atom stereocenters. The zero-order chi connectivity index (χ0) is 10.4. The molecule has 0 saturated carbocycles. The fourth-order valence-electron chi connectivity index (χ4n) is 1.14. The normalized spacial score (nSPS) is 10.1. The zero-order valence-electron chi connectivity index (χ0n) is 7.96. The molecule has 1 aromatic rings. The van der Waals surface area contributed by atoms with Gasteiger partial charge in [0.05, 0.1) is 5.69 Å². The average Bonchev–Trinajstić information content (AvgIpc) is 2.18. The van der Waals surface area contributed by atoms with E-state index in [-0.39, 0.29) is 5.75 Å². The molecule has 0 radical (unpaired) electrons. The summed E-state index contributed by atoms with van der Waals surface area (Å²) in [5.41, 5.74) is 6.04. The Morgan fingerprint density at radius 3 is 2.86 bits per heavy atom. The first-order chi connectivity index (χ1) is 6.74. The van der Waals surface area contributed by atoms with Gasteiger partial charge in [0.15, 0.2) is 0 Å². The van der Waals surface area contributed by atoms with Crippen molar-refractivity contribution in [1.29, 1.82) is 0 Å². The lowest BCUT2D eigenvalue weighted by Crippen LogP contribution is -2.05. The Hall–Kier alpha value is -0.930. The molecule has 0 aliphatic rings. The quantitative estimate of drug-likeness (QED) is 0.520. The van der Waals surface area contributed by atoms with Crippen molar-refractivity contribution in [2.45, 2.75) is 12.8 Å². The first kappa shape index (κ1) is 11.1. The highest BCUT2D eigenvalue weighted by Gasteiger charge is 2.00. The van der Waals surface area contributed by atoms with Gasteiger partial charge in [-0.15, -0.1) is 0 Å². The van der Waals surface area contributed by atoms with Crippen LogP contribution in [-0.4, -0.2) is 18.2 Å². The van der Waals surface area contributed by atoms with Crippen LogP contribution >= 0.6 is 11.6 Å². The number of hydrogen-bond acceptors (Lipinski definition) is 3. The summed E-state index contributed by atoms with van der Waals surface area (Å²) in [4.78, 5) is 0. The van der Waals surface area contributed by atoms with E-state index in [1.54, 1.807) is 18.2 Å². The molecule has 78 valence electrons. The summed E-state index contributed by atoms with van der Waals surface area (Å²) in [6.45, 7) is 1.49. The Balaban J connectivity index is 2.45. The zero-order valence-corrected chi connectivity index (χ0v) is 8.72. The molecule has 1 rings (SSSR count). The van der Waals surface area contributed by atoms with Crippen molar-refractivity contribution < 1.29 is 5.11 Å². The predicted octanol–water partition coefficient (Wildman–Crippen LogP) is 2.20. The van der Waals surface area contributed by atoms with Gasteiger partial charge in [-0.25, -0.2) is 0 Å². The number of unbranched alkanes of at least 4 members (excludes halogenated alkanes) is 1. The molecule has 0 amide bonds. The van der Waals surface area contributed by atoms with Crippen molar-refractivity contribution in [2.75, 3.05) is 18.4 Å². The second-order valence-electron chi connectivity index (χ2n) is 3.08. The topological polar surface area (TPSA) is 58.3 Å². The van der Waals surface area contributed by atoms with Crippen LogP contribution in [0.15, 0.2) is 18.2 Å². The van der Waals surface area contributed by atoms with E-state index < -0.39 is 0 Å². The maximum absolute atomic E-state index is 9.45.